The predicted molar refractivity (Wildman–Crippen MR) is 73.6 cm³/mol. The summed E-state index contributed by atoms with van der Waals surface area (Å²) in [5.74, 6) is 5.64. The van der Waals surface area contributed by atoms with Crippen molar-refractivity contribution in [3.05, 3.63) is 59.4 Å². The van der Waals surface area contributed by atoms with Crippen LogP contribution in [0, 0.1) is 6.92 Å². The van der Waals surface area contributed by atoms with Crippen LogP contribution < -0.4 is 17.0 Å². The molecule has 0 bridgehead atoms. The fourth-order valence-corrected chi connectivity index (χ4v) is 1.99. The van der Waals surface area contributed by atoms with Gasteiger partial charge in [0, 0.05) is 18.1 Å². The first-order chi connectivity index (χ1) is 8.70. The highest BCUT2D eigenvalue weighted by molar-refractivity contribution is 5.45. The third-order valence-corrected chi connectivity index (χ3v) is 3.01. The number of anilines is 1. The average molecular weight is 242 g/mol. The van der Waals surface area contributed by atoms with E-state index in [1.165, 1.54) is 5.56 Å². The van der Waals surface area contributed by atoms with Crippen LogP contribution in [0.2, 0.25) is 0 Å². The molecular formula is C14H18N4. The lowest BCUT2D eigenvalue weighted by atomic mass is 9.98. The highest BCUT2D eigenvalue weighted by Gasteiger charge is 2.12. The van der Waals surface area contributed by atoms with Gasteiger partial charge in [-0.05, 0) is 30.5 Å². The number of benzene rings is 1. The first-order valence-electron chi connectivity index (χ1n) is 5.91. The van der Waals surface area contributed by atoms with E-state index in [-0.39, 0.29) is 6.04 Å². The summed E-state index contributed by atoms with van der Waals surface area (Å²) in [5.41, 5.74) is 12.9. The Morgan fingerprint density at radius 2 is 2.17 bits per heavy atom. The second-order valence-electron chi connectivity index (χ2n) is 4.41. The molecular weight excluding hydrogens is 224 g/mol. The van der Waals surface area contributed by atoms with Crippen LogP contribution in [-0.2, 0) is 6.42 Å². The van der Waals surface area contributed by atoms with Gasteiger partial charge in [0.05, 0.1) is 6.04 Å². The summed E-state index contributed by atoms with van der Waals surface area (Å²) in [4.78, 5) is 4.10. The van der Waals surface area contributed by atoms with E-state index in [2.05, 4.69) is 35.5 Å². The van der Waals surface area contributed by atoms with Crippen molar-refractivity contribution in [3.8, 4) is 0 Å². The van der Waals surface area contributed by atoms with Gasteiger partial charge in [-0.1, -0.05) is 29.8 Å². The Morgan fingerprint density at radius 3 is 2.83 bits per heavy atom. The monoisotopic (exact) mass is 242 g/mol. The minimum atomic E-state index is 0.0383. The van der Waals surface area contributed by atoms with E-state index in [0.29, 0.717) is 0 Å². The summed E-state index contributed by atoms with van der Waals surface area (Å²) >= 11 is 0. The van der Waals surface area contributed by atoms with Crippen LogP contribution in [0.15, 0.2) is 42.7 Å². The second-order valence-corrected chi connectivity index (χ2v) is 4.41. The Labute approximate surface area is 107 Å². The van der Waals surface area contributed by atoms with E-state index in [4.69, 9.17) is 11.6 Å². The van der Waals surface area contributed by atoms with Crippen LogP contribution in [0.1, 0.15) is 22.7 Å². The lowest BCUT2D eigenvalue weighted by Crippen LogP contribution is -2.29. The maximum atomic E-state index is 5.92. The maximum absolute atomic E-state index is 5.92. The molecule has 0 spiro atoms. The minimum Gasteiger partial charge on any atom is -0.398 e. The molecule has 1 aromatic carbocycles. The number of hydrogen-bond acceptors (Lipinski definition) is 4. The van der Waals surface area contributed by atoms with Crippen LogP contribution in [0.3, 0.4) is 0 Å². The minimum absolute atomic E-state index is 0.0383. The predicted octanol–water partition coefficient (Wildman–Crippen LogP) is 1.72. The Morgan fingerprint density at radius 1 is 1.33 bits per heavy atom. The van der Waals surface area contributed by atoms with Crippen molar-refractivity contribution in [1.29, 1.82) is 0 Å². The quantitative estimate of drug-likeness (QED) is 0.563. The standard InChI is InChI=1S/C14H18N4/c1-10-3-2-4-11(7-10)14(18-16)8-12-9-17-6-5-13(12)15/h2-7,9,14,18H,8,16H2,1H3,(H2,15,17). The van der Waals surface area contributed by atoms with Gasteiger partial charge >= 0.3 is 0 Å². The first kappa shape index (κ1) is 12.5. The van der Waals surface area contributed by atoms with Crippen LogP contribution in [0.25, 0.3) is 0 Å². The average Bonchev–Trinajstić information content (AvgIpc) is 2.38. The molecule has 0 fully saturated rings. The van der Waals surface area contributed by atoms with Crippen molar-refractivity contribution in [2.24, 2.45) is 5.84 Å². The van der Waals surface area contributed by atoms with E-state index in [1.807, 2.05) is 6.07 Å². The molecule has 0 aliphatic rings. The SMILES string of the molecule is Cc1cccc(C(Cc2cnccc2N)NN)c1. The molecule has 4 heteroatoms. The van der Waals surface area contributed by atoms with Crippen molar-refractivity contribution >= 4 is 5.69 Å². The molecule has 0 radical (unpaired) electrons. The van der Waals surface area contributed by atoms with Crippen molar-refractivity contribution in [1.82, 2.24) is 10.4 Å². The zero-order valence-corrected chi connectivity index (χ0v) is 10.4. The molecule has 0 saturated carbocycles. The molecule has 0 saturated heterocycles. The molecule has 1 aromatic heterocycles. The van der Waals surface area contributed by atoms with E-state index in [1.54, 1.807) is 18.5 Å². The number of nitrogens with two attached hydrogens (primary N) is 2. The molecule has 5 N–H and O–H groups in total. The van der Waals surface area contributed by atoms with Crippen LogP contribution in [0.5, 0.6) is 0 Å². The molecule has 2 rings (SSSR count). The maximum Gasteiger partial charge on any atom is 0.0501 e. The zero-order chi connectivity index (χ0) is 13.0. The molecule has 0 amide bonds. The lowest BCUT2D eigenvalue weighted by molar-refractivity contribution is 0.551. The number of pyridine rings is 1. The Kier molecular flexibility index (Phi) is 3.92. The van der Waals surface area contributed by atoms with Gasteiger partial charge in [0.25, 0.3) is 0 Å². The highest BCUT2D eigenvalue weighted by Crippen LogP contribution is 2.21. The smallest absolute Gasteiger partial charge is 0.0501 e. The number of nitrogen functional groups attached to an aromatic ring is 1. The summed E-state index contributed by atoms with van der Waals surface area (Å²) in [6.07, 6.45) is 4.20. The summed E-state index contributed by atoms with van der Waals surface area (Å²) in [5, 5.41) is 0. The van der Waals surface area contributed by atoms with Crippen LogP contribution >= 0.6 is 0 Å². The molecule has 1 heterocycles. The van der Waals surface area contributed by atoms with Gasteiger partial charge in [0.2, 0.25) is 0 Å². The van der Waals surface area contributed by atoms with Gasteiger partial charge in [-0.2, -0.15) is 0 Å². The molecule has 94 valence electrons. The first-order valence-corrected chi connectivity index (χ1v) is 5.91. The van der Waals surface area contributed by atoms with E-state index >= 15 is 0 Å². The molecule has 2 aromatic rings. The Bertz CT molecular complexity index is 525. The van der Waals surface area contributed by atoms with Gasteiger partial charge in [-0.15, -0.1) is 0 Å². The van der Waals surface area contributed by atoms with Gasteiger partial charge in [-0.25, -0.2) is 0 Å². The van der Waals surface area contributed by atoms with Crippen LogP contribution in [-0.4, -0.2) is 4.98 Å². The topological polar surface area (TPSA) is 77.0 Å². The second kappa shape index (κ2) is 5.62. The molecule has 1 unspecified atom stereocenters. The number of hydrazine groups is 1. The largest absolute Gasteiger partial charge is 0.398 e. The fourth-order valence-electron chi connectivity index (χ4n) is 1.99. The number of hydrogen-bond donors (Lipinski definition) is 3. The molecule has 0 aliphatic carbocycles. The number of aryl methyl sites for hydroxylation is 1. The molecule has 18 heavy (non-hydrogen) atoms. The number of aromatic nitrogens is 1. The van der Waals surface area contributed by atoms with Crippen molar-refractivity contribution in [2.75, 3.05) is 5.73 Å². The normalized spacial score (nSPS) is 12.3. The van der Waals surface area contributed by atoms with E-state index in [9.17, 15) is 0 Å². The summed E-state index contributed by atoms with van der Waals surface area (Å²) in [6, 6.07) is 10.1. The van der Waals surface area contributed by atoms with E-state index in [0.717, 1.165) is 23.2 Å². The van der Waals surface area contributed by atoms with E-state index < -0.39 is 0 Å². The third-order valence-electron chi connectivity index (χ3n) is 3.01. The van der Waals surface area contributed by atoms with Crippen molar-refractivity contribution < 1.29 is 0 Å². The molecule has 4 nitrogen and oxygen atoms in total. The summed E-state index contributed by atoms with van der Waals surface area (Å²) < 4.78 is 0. The fraction of sp³-hybridized carbons (Fsp3) is 0.214. The van der Waals surface area contributed by atoms with Crippen LogP contribution in [0.4, 0.5) is 5.69 Å². The summed E-state index contributed by atoms with van der Waals surface area (Å²) in [7, 11) is 0. The van der Waals surface area contributed by atoms with Crippen molar-refractivity contribution in [3.63, 3.8) is 0 Å². The zero-order valence-electron chi connectivity index (χ0n) is 10.4. The lowest BCUT2D eigenvalue weighted by Gasteiger charge is -2.17. The van der Waals surface area contributed by atoms with Gasteiger partial charge < -0.3 is 5.73 Å². The van der Waals surface area contributed by atoms with Gasteiger partial charge in [0.1, 0.15) is 0 Å². The number of rotatable bonds is 4. The van der Waals surface area contributed by atoms with Crippen molar-refractivity contribution in [2.45, 2.75) is 19.4 Å². The summed E-state index contributed by atoms with van der Waals surface area (Å²) in [6.45, 7) is 2.06. The van der Waals surface area contributed by atoms with Gasteiger partial charge in [-0.3, -0.25) is 16.3 Å². The van der Waals surface area contributed by atoms with Gasteiger partial charge in [0.15, 0.2) is 0 Å². The highest BCUT2D eigenvalue weighted by atomic mass is 15.2. The number of nitrogens with zero attached hydrogens (tertiary/aromatic N) is 1. The molecule has 0 aliphatic heterocycles. The molecule has 1 atom stereocenters. The number of nitrogens with one attached hydrogen (secondary N) is 1. The third kappa shape index (κ3) is 2.85. The Hall–Kier alpha value is -1.91. The Balaban J connectivity index is 2.23.